The van der Waals surface area contributed by atoms with Crippen molar-refractivity contribution >= 4 is 44.3 Å². The summed E-state index contributed by atoms with van der Waals surface area (Å²) in [7, 11) is -1.02. The maximum atomic E-state index is 5.67. The van der Waals surface area contributed by atoms with E-state index >= 15 is 0 Å². The Kier molecular flexibility index (Phi) is 20.0. The lowest BCUT2D eigenvalue weighted by Crippen LogP contribution is -2.46. The molecule has 0 unspecified atom stereocenters. The van der Waals surface area contributed by atoms with Crippen molar-refractivity contribution in [1.82, 2.24) is 0 Å². The highest BCUT2D eigenvalue weighted by Crippen LogP contribution is 2.18. The van der Waals surface area contributed by atoms with E-state index in [9.17, 15) is 0 Å². The SMILES string of the molecule is CCO[Si](CCCS)(OCC)OCC.[SiH3]CCCS. The average molecular weight is 345 g/mol. The molecule has 0 amide bonds. The van der Waals surface area contributed by atoms with Crippen LogP contribution in [0, 0.1) is 0 Å². The smallest absolute Gasteiger partial charge is 0.374 e. The molecule has 0 aromatic carbocycles. The summed E-state index contributed by atoms with van der Waals surface area (Å²) in [5.41, 5.74) is 0. The van der Waals surface area contributed by atoms with Crippen molar-refractivity contribution in [1.29, 1.82) is 0 Å². The van der Waals surface area contributed by atoms with Crippen LogP contribution >= 0.6 is 25.3 Å². The van der Waals surface area contributed by atoms with Crippen molar-refractivity contribution in [3.05, 3.63) is 0 Å². The number of rotatable bonds is 11. The summed E-state index contributed by atoms with van der Waals surface area (Å²) in [4.78, 5) is 0. The Hall–Kier alpha value is 1.01. The maximum absolute atomic E-state index is 5.67. The van der Waals surface area contributed by atoms with Gasteiger partial charge in [0.05, 0.1) is 0 Å². The minimum absolute atomic E-state index is 0.652. The molecular weight excluding hydrogens is 312 g/mol. The number of thiol groups is 2. The summed E-state index contributed by atoms with van der Waals surface area (Å²) in [5, 5.41) is 0. The molecule has 0 bridgehead atoms. The second-order valence-electron chi connectivity index (χ2n) is 3.89. The molecule has 0 saturated heterocycles. The van der Waals surface area contributed by atoms with Gasteiger partial charge >= 0.3 is 8.80 Å². The summed E-state index contributed by atoms with van der Waals surface area (Å²) < 4.78 is 17.0. The van der Waals surface area contributed by atoms with Gasteiger partial charge in [0.25, 0.3) is 0 Å². The molecule has 0 radical (unpaired) electrons. The van der Waals surface area contributed by atoms with Crippen LogP contribution in [0.25, 0.3) is 0 Å². The van der Waals surface area contributed by atoms with E-state index < -0.39 is 8.80 Å². The van der Waals surface area contributed by atoms with Crippen LogP contribution in [0.5, 0.6) is 0 Å². The largest absolute Gasteiger partial charge is 0.500 e. The Morgan fingerprint density at radius 3 is 1.47 bits per heavy atom. The van der Waals surface area contributed by atoms with Gasteiger partial charge in [0, 0.05) is 36.1 Å². The zero-order chi connectivity index (χ0) is 15.0. The molecule has 0 N–H and O–H groups in total. The topological polar surface area (TPSA) is 27.7 Å². The van der Waals surface area contributed by atoms with Crippen LogP contribution in [-0.4, -0.2) is 50.4 Å². The first-order chi connectivity index (χ1) is 9.16. The fourth-order valence-electron chi connectivity index (χ4n) is 1.45. The zero-order valence-corrected chi connectivity index (χ0v) is 17.8. The van der Waals surface area contributed by atoms with Crippen molar-refractivity contribution in [3.63, 3.8) is 0 Å². The third-order valence-electron chi connectivity index (χ3n) is 2.25. The Labute approximate surface area is 134 Å². The van der Waals surface area contributed by atoms with Crippen LogP contribution in [0.4, 0.5) is 0 Å². The second-order valence-corrected chi connectivity index (χ2v) is 8.51. The molecule has 3 nitrogen and oxygen atoms in total. The standard InChI is InChI=1S/C9H22O3SSi.C3H10SSi/c1-4-10-14(11-5-2,12-6-3)9-7-8-13;4-2-1-3-5/h13H,4-9H2,1-3H3;4H,1-3H2,5H3. The summed E-state index contributed by atoms with van der Waals surface area (Å²) in [6, 6.07) is 2.27. The number of hydrogen-bond donors (Lipinski definition) is 2. The molecule has 0 heterocycles. The third-order valence-corrected chi connectivity index (χ3v) is 6.74. The Morgan fingerprint density at radius 1 is 0.842 bits per heavy atom. The van der Waals surface area contributed by atoms with Gasteiger partial charge in [-0.1, -0.05) is 6.04 Å². The highest BCUT2D eigenvalue weighted by atomic mass is 32.1. The van der Waals surface area contributed by atoms with Gasteiger partial charge in [0.15, 0.2) is 0 Å². The fraction of sp³-hybridized carbons (Fsp3) is 1.00. The van der Waals surface area contributed by atoms with Crippen molar-refractivity contribution in [2.45, 2.75) is 45.7 Å². The van der Waals surface area contributed by atoms with E-state index in [1.165, 1.54) is 22.7 Å². The maximum Gasteiger partial charge on any atom is 0.500 e. The zero-order valence-electron chi connectivity index (χ0n) is 13.0. The second kappa shape index (κ2) is 17.1. The van der Waals surface area contributed by atoms with E-state index in [2.05, 4.69) is 25.3 Å². The molecule has 0 fully saturated rings. The van der Waals surface area contributed by atoms with Crippen molar-refractivity contribution < 1.29 is 13.3 Å². The quantitative estimate of drug-likeness (QED) is 0.445. The molecule has 0 aromatic heterocycles. The van der Waals surface area contributed by atoms with Crippen LogP contribution in [0.1, 0.15) is 33.6 Å². The predicted molar refractivity (Wildman–Crippen MR) is 97.1 cm³/mol. The summed E-state index contributed by atoms with van der Waals surface area (Å²) in [6.45, 7) is 7.87. The molecular formula is C12H32O3S2Si2. The number of hydrogen-bond acceptors (Lipinski definition) is 5. The van der Waals surface area contributed by atoms with Crippen molar-refractivity contribution in [2.75, 3.05) is 31.3 Å². The van der Waals surface area contributed by atoms with E-state index in [1.54, 1.807) is 0 Å². The van der Waals surface area contributed by atoms with E-state index in [0.717, 1.165) is 24.0 Å². The Bertz CT molecular complexity index is 158. The fourth-order valence-corrected chi connectivity index (χ4v) is 5.79. The van der Waals surface area contributed by atoms with E-state index in [0.29, 0.717) is 19.8 Å². The van der Waals surface area contributed by atoms with E-state index in [4.69, 9.17) is 13.3 Å². The van der Waals surface area contributed by atoms with Gasteiger partial charge < -0.3 is 13.3 Å². The van der Waals surface area contributed by atoms with Gasteiger partial charge in [0.1, 0.15) is 0 Å². The first kappa shape index (κ1) is 22.3. The van der Waals surface area contributed by atoms with Crippen molar-refractivity contribution in [3.8, 4) is 0 Å². The minimum atomic E-state index is -2.37. The third kappa shape index (κ3) is 13.7. The molecule has 0 atom stereocenters. The first-order valence-corrected chi connectivity index (χ1v) is 11.9. The van der Waals surface area contributed by atoms with Gasteiger partial charge in [-0.2, -0.15) is 25.3 Å². The van der Waals surface area contributed by atoms with Gasteiger partial charge in [-0.3, -0.25) is 0 Å². The van der Waals surface area contributed by atoms with Gasteiger partial charge in [-0.15, -0.1) is 0 Å². The van der Waals surface area contributed by atoms with Gasteiger partial charge in [-0.25, -0.2) is 0 Å². The molecule has 0 spiro atoms. The van der Waals surface area contributed by atoms with Crippen LogP contribution in [0.15, 0.2) is 0 Å². The minimum Gasteiger partial charge on any atom is -0.374 e. The van der Waals surface area contributed by atoms with Gasteiger partial charge in [-0.05, 0) is 45.1 Å². The summed E-state index contributed by atoms with van der Waals surface area (Å²) >= 11 is 8.22. The highest BCUT2D eigenvalue weighted by molar-refractivity contribution is 7.80. The molecule has 19 heavy (non-hydrogen) atoms. The molecule has 0 aliphatic heterocycles. The normalized spacial score (nSPS) is 11.2. The molecule has 0 aromatic rings. The Balaban J connectivity index is 0. The Morgan fingerprint density at radius 2 is 1.26 bits per heavy atom. The molecule has 0 aliphatic carbocycles. The lowest BCUT2D eigenvalue weighted by atomic mass is 10.6. The molecule has 118 valence electrons. The molecule has 0 rings (SSSR count). The lowest BCUT2D eigenvalue weighted by molar-refractivity contribution is 0.0712. The van der Waals surface area contributed by atoms with Crippen molar-refractivity contribution in [2.24, 2.45) is 0 Å². The van der Waals surface area contributed by atoms with Crippen LogP contribution in [0.2, 0.25) is 12.1 Å². The summed E-state index contributed by atoms with van der Waals surface area (Å²) in [6.07, 6.45) is 2.30. The van der Waals surface area contributed by atoms with Gasteiger partial charge in [0.2, 0.25) is 0 Å². The lowest BCUT2D eigenvalue weighted by Gasteiger charge is -2.28. The monoisotopic (exact) mass is 344 g/mol. The van der Waals surface area contributed by atoms with Crippen LogP contribution in [0.3, 0.4) is 0 Å². The molecule has 0 saturated carbocycles. The molecule has 0 aliphatic rings. The average Bonchev–Trinajstić information content (AvgIpc) is 2.39. The first-order valence-electron chi connectivity index (χ1n) is 7.29. The highest BCUT2D eigenvalue weighted by Gasteiger charge is 2.39. The van der Waals surface area contributed by atoms with Crippen LogP contribution in [-0.2, 0) is 13.3 Å². The predicted octanol–water partition coefficient (Wildman–Crippen LogP) is 2.44. The van der Waals surface area contributed by atoms with E-state index in [-0.39, 0.29) is 0 Å². The van der Waals surface area contributed by atoms with Crippen LogP contribution < -0.4 is 0 Å². The van der Waals surface area contributed by atoms with E-state index in [1.807, 2.05) is 20.8 Å². The summed E-state index contributed by atoms with van der Waals surface area (Å²) in [5.74, 6) is 1.92. The molecule has 7 heteroatoms.